The van der Waals surface area contributed by atoms with Crippen molar-refractivity contribution in [3.63, 3.8) is 0 Å². The van der Waals surface area contributed by atoms with Crippen molar-refractivity contribution in [3.05, 3.63) is 0 Å². The molecular formula is C24H38O4. The van der Waals surface area contributed by atoms with E-state index in [0.717, 1.165) is 32.1 Å². The molecule has 4 aliphatic rings. The van der Waals surface area contributed by atoms with Crippen LogP contribution in [0.1, 0.15) is 85.0 Å². The standard InChI is InChI=1S/C24H38O4/c1-14(4-9-22(27)28)18-7-8-19-17-6-5-15-12-16(25)10-11-23(15,2)20(17)13-21(26)24(18,19)3/h14-20,25H,4-13H2,1-3H3,(H,27,28)/t14-,15?,16?,17+,18-,19+,20+,23+,24-/m1/s1. The summed E-state index contributed by atoms with van der Waals surface area (Å²) in [4.78, 5) is 24.7. The summed E-state index contributed by atoms with van der Waals surface area (Å²) in [6.45, 7) is 6.81. The van der Waals surface area contributed by atoms with Crippen molar-refractivity contribution in [2.75, 3.05) is 0 Å². The van der Waals surface area contributed by atoms with Gasteiger partial charge in [-0.3, -0.25) is 9.59 Å². The minimum Gasteiger partial charge on any atom is -0.481 e. The van der Waals surface area contributed by atoms with Crippen molar-refractivity contribution in [1.29, 1.82) is 0 Å². The van der Waals surface area contributed by atoms with Crippen LogP contribution in [0.15, 0.2) is 0 Å². The Kier molecular flexibility index (Phi) is 5.17. The number of aliphatic carboxylic acids is 1. The van der Waals surface area contributed by atoms with E-state index in [4.69, 9.17) is 5.11 Å². The normalized spacial score (nSPS) is 49.1. The molecule has 0 bridgehead atoms. The predicted octanol–water partition coefficient (Wildman–Crippen LogP) is 4.69. The van der Waals surface area contributed by atoms with E-state index in [9.17, 15) is 14.7 Å². The third-order valence-corrected chi connectivity index (χ3v) is 10.1. The minimum absolute atomic E-state index is 0.148. The fraction of sp³-hybridized carbons (Fsp3) is 0.917. The van der Waals surface area contributed by atoms with E-state index in [1.807, 2.05) is 0 Å². The number of carboxylic acids is 1. The molecule has 2 N–H and O–H groups in total. The van der Waals surface area contributed by atoms with Crippen LogP contribution >= 0.6 is 0 Å². The van der Waals surface area contributed by atoms with Gasteiger partial charge < -0.3 is 10.2 Å². The maximum absolute atomic E-state index is 13.6. The van der Waals surface area contributed by atoms with Crippen molar-refractivity contribution in [2.24, 2.45) is 46.3 Å². The molecule has 4 nitrogen and oxygen atoms in total. The summed E-state index contributed by atoms with van der Waals surface area (Å²) >= 11 is 0. The fourth-order valence-electron chi connectivity index (χ4n) is 8.44. The number of fused-ring (bicyclic) bond motifs is 5. The van der Waals surface area contributed by atoms with Crippen LogP contribution in [0.4, 0.5) is 0 Å². The Labute approximate surface area is 169 Å². The fourth-order valence-corrected chi connectivity index (χ4v) is 8.44. The molecule has 4 fully saturated rings. The number of rotatable bonds is 4. The van der Waals surface area contributed by atoms with Crippen molar-refractivity contribution >= 4 is 11.8 Å². The van der Waals surface area contributed by atoms with Crippen LogP contribution < -0.4 is 0 Å². The second kappa shape index (κ2) is 7.11. The van der Waals surface area contributed by atoms with Gasteiger partial charge in [-0.2, -0.15) is 0 Å². The molecule has 2 unspecified atom stereocenters. The SMILES string of the molecule is C[C@H](CCC(=O)O)[C@H]1CC[C@H]2[C@@H]3CCC4CC(O)CC[C@]4(C)[C@H]3CC(=O)[C@]12C. The average molecular weight is 391 g/mol. The third kappa shape index (κ3) is 2.97. The lowest BCUT2D eigenvalue weighted by Crippen LogP contribution is -2.57. The molecule has 0 heterocycles. The Hall–Kier alpha value is -0.900. The van der Waals surface area contributed by atoms with Crippen molar-refractivity contribution in [3.8, 4) is 0 Å². The lowest BCUT2D eigenvalue weighted by molar-refractivity contribution is -0.160. The number of aliphatic hydroxyl groups is 1. The number of carbonyl (C=O) groups excluding carboxylic acids is 1. The van der Waals surface area contributed by atoms with Crippen LogP contribution in [-0.4, -0.2) is 28.1 Å². The van der Waals surface area contributed by atoms with E-state index >= 15 is 0 Å². The summed E-state index contributed by atoms with van der Waals surface area (Å²) in [7, 11) is 0. The Morgan fingerprint density at radius 2 is 1.89 bits per heavy atom. The van der Waals surface area contributed by atoms with Crippen LogP contribution in [0.25, 0.3) is 0 Å². The highest BCUT2D eigenvalue weighted by atomic mass is 16.4. The number of carboxylic acid groups (broad SMARTS) is 1. The molecule has 0 aromatic rings. The van der Waals surface area contributed by atoms with Gasteiger partial charge in [0.1, 0.15) is 5.78 Å². The zero-order valence-electron chi connectivity index (χ0n) is 17.8. The topological polar surface area (TPSA) is 74.6 Å². The molecule has 4 aliphatic carbocycles. The first-order chi connectivity index (χ1) is 13.2. The first-order valence-corrected chi connectivity index (χ1v) is 11.6. The molecule has 4 heteroatoms. The maximum atomic E-state index is 13.6. The number of aliphatic hydroxyl groups excluding tert-OH is 1. The van der Waals surface area contributed by atoms with Crippen LogP contribution in [0, 0.1) is 46.3 Å². The molecule has 28 heavy (non-hydrogen) atoms. The van der Waals surface area contributed by atoms with Crippen LogP contribution in [-0.2, 0) is 9.59 Å². The first-order valence-electron chi connectivity index (χ1n) is 11.6. The van der Waals surface area contributed by atoms with E-state index in [1.165, 1.54) is 12.8 Å². The van der Waals surface area contributed by atoms with Crippen LogP contribution in [0.5, 0.6) is 0 Å². The van der Waals surface area contributed by atoms with Gasteiger partial charge in [-0.05, 0) is 92.3 Å². The number of hydrogen-bond donors (Lipinski definition) is 2. The Bertz CT molecular complexity index is 645. The summed E-state index contributed by atoms with van der Waals surface area (Å²) in [5.74, 6) is 2.52. The monoisotopic (exact) mass is 390 g/mol. The lowest BCUT2D eigenvalue weighted by atomic mass is 9.44. The highest BCUT2D eigenvalue weighted by molar-refractivity contribution is 5.87. The molecule has 9 atom stereocenters. The Balaban J connectivity index is 1.57. The molecule has 0 amide bonds. The van der Waals surface area contributed by atoms with Gasteiger partial charge >= 0.3 is 5.97 Å². The largest absolute Gasteiger partial charge is 0.481 e. The zero-order chi connectivity index (χ0) is 20.3. The average Bonchev–Trinajstić information content (AvgIpc) is 3.00. The van der Waals surface area contributed by atoms with Crippen LogP contribution in [0.3, 0.4) is 0 Å². The lowest BCUT2D eigenvalue weighted by Gasteiger charge is -2.60. The number of carbonyl (C=O) groups is 2. The molecule has 4 saturated carbocycles. The van der Waals surface area contributed by atoms with Gasteiger partial charge in [-0.15, -0.1) is 0 Å². The van der Waals surface area contributed by atoms with E-state index < -0.39 is 5.97 Å². The third-order valence-electron chi connectivity index (χ3n) is 10.1. The van der Waals surface area contributed by atoms with E-state index in [-0.39, 0.29) is 23.4 Å². The number of hydrogen-bond acceptors (Lipinski definition) is 3. The Morgan fingerprint density at radius 1 is 1.14 bits per heavy atom. The van der Waals surface area contributed by atoms with Crippen molar-refractivity contribution in [2.45, 2.75) is 91.1 Å². The summed E-state index contributed by atoms with van der Waals surface area (Å²) in [5.41, 5.74) is -0.0391. The van der Waals surface area contributed by atoms with Gasteiger partial charge in [-0.1, -0.05) is 20.8 Å². The quantitative estimate of drug-likeness (QED) is 0.730. The summed E-state index contributed by atoms with van der Waals surface area (Å²) in [6.07, 6.45) is 8.96. The molecule has 0 aliphatic heterocycles. The maximum Gasteiger partial charge on any atom is 0.303 e. The van der Waals surface area contributed by atoms with Crippen molar-refractivity contribution in [1.82, 2.24) is 0 Å². The molecule has 4 rings (SSSR count). The highest BCUT2D eigenvalue weighted by Gasteiger charge is 2.63. The number of ketones is 1. The van der Waals surface area contributed by atoms with E-state index in [0.29, 0.717) is 54.1 Å². The molecule has 158 valence electrons. The number of Topliss-reactive ketones (excluding diaryl/α,β-unsaturated/α-hetero) is 1. The van der Waals surface area contributed by atoms with E-state index in [2.05, 4.69) is 20.8 Å². The van der Waals surface area contributed by atoms with Gasteiger partial charge in [-0.25, -0.2) is 0 Å². The molecule has 0 aromatic heterocycles. The van der Waals surface area contributed by atoms with Crippen LogP contribution in [0.2, 0.25) is 0 Å². The zero-order valence-corrected chi connectivity index (χ0v) is 17.8. The molecule has 0 saturated heterocycles. The molecule has 0 radical (unpaired) electrons. The predicted molar refractivity (Wildman–Crippen MR) is 108 cm³/mol. The van der Waals surface area contributed by atoms with E-state index in [1.54, 1.807) is 0 Å². The second-order valence-corrected chi connectivity index (χ2v) is 11.1. The smallest absolute Gasteiger partial charge is 0.303 e. The molecule has 0 aromatic carbocycles. The minimum atomic E-state index is -0.729. The molecular weight excluding hydrogens is 352 g/mol. The Morgan fingerprint density at radius 3 is 2.61 bits per heavy atom. The first kappa shape index (κ1) is 20.4. The highest BCUT2D eigenvalue weighted by Crippen LogP contribution is 2.67. The summed E-state index contributed by atoms with van der Waals surface area (Å²) in [5, 5.41) is 19.3. The van der Waals surface area contributed by atoms with Gasteiger partial charge in [0.2, 0.25) is 0 Å². The van der Waals surface area contributed by atoms with Gasteiger partial charge in [0.25, 0.3) is 0 Å². The summed E-state index contributed by atoms with van der Waals surface area (Å²) < 4.78 is 0. The van der Waals surface area contributed by atoms with Crippen molar-refractivity contribution < 1.29 is 19.8 Å². The van der Waals surface area contributed by atoms with Gasteiger partial charge in [0.15, 0.2) is 0 Å². The summed E-state index contributed by atoms with van der Waals surface area (Å²) in [6, 6.07) is 0. The van der Waals surface area contributed by atoms with Gasteiger partial charge in [0.05, 0.1) is 6.10 Å². The second-order valence-electron chi connectivity index (χ2n) is 11.1. The van der Waals surface area contributed by atoms with Gasteiger partial charge in [0, 0.05) is 18.3 Å². The molecule has 0 spiro atoms.